The van der Waals surface area contributed by atoms with Gasteiger partial charge in [-0.25, -0.2) is 0 Å². The summed E-state index contributed by atoms with van der Waals surface area (Å²) in [6.07, 6.45) is 3.73. The van der Waals surface area contributed by atoms with Crippen LogP contribution in [-0.4, -0.2) is 22.2 Å². The molecule has 1 aliphatic carbocycles. The van der Waals surface area contributed by atoms with Crippen LogP contribution in [-0.2, 0) is 5.54 Å². The van der Waals surface area contributed by atoms with E-state index >= 15 is 0 Å². The minimum absolute atomic E-state index is 0. The van der Waals surface area contributed by atoms with Crippen LogP contribution >= 0.6 is 12.4 Å². The molecule has 1 heterocycles. The van der Waals surface area contributed by atoms with Crippen LogP contribution in [0.4, 0.5) is 5.69 Å². The van der Waals surface area contributed by atoms with E-state index in [1.165, 1.54) is 25.3 Å². The third kappa shape index (κ3) is 3.13. The van der Waals surface area contributed by atoms with Gasteiger partial charge in [0, 0.05) is 6.07 Å². The summed E-state index contributed by atoms with van der Waals surface area (Å²) in [5.41, 5.74) is 6.20. The molecule has 23 heavy (non-hydrogen) atoms. The maximum absolute atomic E-state index is 10.8. The smallest absolute Gasteiger partial charge is 0.273 e. The lowest BCUT2D eigenvalue weighted by molar-refractivity contribution is -0.384. The van der Waals surface area contributed by atoms with E-state index in [0.29, 0.717) is 17.1 Å². The average Bonchev–Trinajstić information content (AvgIpc) is 3.16. The van der Waals surface area contributed by atoms with Gasteiger partial charge in [-0.15, -0.1) is 12.4 Å². The lowest BCUT2D eigenvalue weighted by Crippen LogP contribution is -2.34. The van der Waals surface area contributed by atoms with Crippen molar-refractivity contribution in [3.8, 4) is 17.2 Å². The molecule has 1 aromatic heterocycles. The Balaban J connectivity index is 0.00000192. The van der Waals surface area contributed by atoms with Crippen LogP contribution in [0.1, 0.15) is 31.5 Å². The van der Waals surface area contributed by atoms with Crippen LogP contribution in [0, 0.1) is 10.1 Å². The summed E-state index contributed by atoms with van der Waals surface area (Å²) in [5.74, 6) is 1.03. The van der Waals surface area contributed by atoms with E-state index in [1.807, 2.05) is 0 Å². The molecule has 0 amide bonds. The fourth-order valence-electron chi connectivity index (χ4n) is 2.73. The van der Waals surface area contributed by atoms with Crippen molar-refractivity contribution in [3.05, 3.63) is 34.1 Å². The average molecular weight is 341 g/mol. The van der Waals surface area contributed by atoms with Gasteiger partial charge < -0.3 is 15.0 Å². The van der Waals surface area contributed by atoms with Crippen molar-refractivity contribution in [3.63, 3.8) is 0 Å². The highest BCUT2D eigenvalue weighted by Crippen LogP contribution is 2.37. The Morgan fingerprint density at radius 3 is 2.70 bits per heavy atom. The fourth-order valence-corrected chi connectivity index (χ4v) is 2.73. The zero-order valence-electron chi connectivity index (χ0n) is 12.5. The molecular formula is C14H17ClN4O4. The fraction of sp³-hybridized carbons (Fsp3) is 0.429. The van der Waals surface area contributed by atoms with Crippen LogP contribution < -0.4 is 10.5 Å². The molecule has 0 aliphatic heterocycles. The minimum Gasteiger partial charge on any atom is -0.496 e. The normalized spacial score (nSPS) is 15.9. The van der Waals surface area contributed by atoms with Crippen molar-refractivity contribution >= 4 is 18.1 Å². The van der Waals surface area contributed by atoms with Crippen LogP contribution in [0.2, 0.25) is 0 Å². The van der Waals surface area contributed by atoms with Gasteiger partial charge in [0.15, 0.2) is 5.82 Å². The van der Waals surface area contributed by atoms with E-state index in [1.54, 1.807) is 0 Å². The Bertz CT molecular complexity index is 713. The van der Waals surface area contributed by atoms with Gasteiger partial charge in [0.25, 0.3) is 11.6 Å². The summed E-state index contributed by atoms with van der Waals surface area (Å²) >= 11 is 0. The number of aromatic nitrogens is 2. The van der Waals surface area contributed by atoms with Crippen molar-refractivity contribution in [2.75, 3.05) is 7.11 Å². The molecule has 1 aromatic carbocycles. The van der Waals surface area contributed by atoms with Gasteiger partial charge in [-0.1, -0.05) is 18.0 Å². The van der Waals surface area contributed by atoms with E-state index in [4.69, 9.17) is 15.0 Å². The lowest BCUT2D eigenvalue weighted by Gasteiger charge is -2.17. The van der Waals surface area contributed by atoms with Gasteiger partial charge in [0.2, 0.25) is 0 Å². The van der Waals surface area contributed by atoms with E-state index in [-0.39, 0.29) is 24.0 Å². The second-order valence-corrected chi connectivity index (χ2v) is 5.43. The van der Waals surface area contributed by atoms with Crippen molar-refractivity contribution in [1.29, 1.82) is 0 Å². The first-order valence-electron chi connectivity index (χ1n) is 6.99. The maximum atomic E-state index is 10.8. The largest absolute Gasteiger partial charge is 0.496 e. The number of methoxy groups -OCH3 is 1. The van der Waals surface area contributed by atoms with Crippen LogP contribution in [0.25, 0.3) is 11.5 Å². The first-order valence-corrected chi connectivity index (χ1v) is 6.99. The Morgan fingerprint density at radius 1 is 1.39 bits per heavy atom. The molecule has 1 fully saturated rings. The van der Waals surface area contributed by atoms with Gasteiger partial charge in [-0.3, -0.25) is 10.1 Å². The molecular weight excluding hydrogens is 324 g/mol. The number of nitrogens with two attached hydrogens (primary N) is 1. The molecule has 1 aliphatic rings. The topological polar surface area (TPSA) is 117 Å². The summed E-state index contributed by atoms with van der Waals surface area (Å²) < 4.78 is 10.5. The number of nitrogens with zero attached hydrogens (tertiary/aromatic N) is 3. The van der Waals surface area contributed by atoms with Crippen molar-refractivity contribution in [1.82, 2.24) is 10.1 Å². The van der Waals surface area contributed by atoms with Gasteiger partial charge in [0.05, 0.1) is 29.2 Å². The number of nitro groups is 1. The highest BCUT2D eigenvalue weighted by atomic mass is 35.5. The summed E-state index contributed by atoms with van der Waals surface area (Å²) in [6, 6.07) is 4.23. The lowest BCUT2D eigenvalue weighted by atomic mass is 9.98. The van der Waals surface area contributed by atoms with Gasteiger partial charge in [-0.2, -0.15) is 4.98 Å². The highest BCUT2D eigenvalue weighted by Gasteiger charge is 2.36. The molecule has 2 aromatic rings. The molecule has 0 saturated heterocycles. The summed E-state index contributed by atoms with van der Waals surface area (Å²) in [5, 5.41) is 14.8. The van der Waals surface area contributed by atoms with Crippen LogP contribution in [0.5, 0.6) is 5.75 Å². The summed E-state index contributed by atoms with van der Waals surface area (Å²) in [7, 11) is 1.43. The molecule has 2 N–H and O–H groups in total. The minimum atomic E-state index is -0.546. The second kappa shape index (κ2) is 6.51. The highest BCUT2D eigenvalue weighted by molar-refractivity contribution is 5.85. The number of nitro benzene ring substituents is 1. The monoisotopic (exact) mass is 340 g/mol. The summed E-state index contributed by atoms with van der Waals surface area (Å²) in [6.45, 7) is 0. The molecule has 0 radical (unpaired) electrons. The molecule has 0 atom stereocenters. The van der Waals surface area contributed by atoms with Crippen LogP contribution in [0.15, 0.2) is 22.7 Å². The second-order valence-electron chi connectivity index (χ2n) is 5.43. The maximum Gasteiger partial charge on any atom is 0.273 e. The quantitative estimate of drug-likeness (QED) is 0.671. The van der Waals surface area contributed by atoms with Gasteiger partial charge in [0.1, 0.15) is 5.75 Å². The molecule has 3 rings (SSSR count). The third-order valence-electron chi connectivity index (χ3n) is 3.99. The standard InChI is InChI=1S/C14H16N4O4.ClH/c1-21-11-8-9(18(19)20)4-5-10(11)12-16-13(17-22-12)14(15)6-2-3-7-14;/h4-5,8H,2-3,6-7,15H2,1H3;1H. The molecule has 9 heteroatoms. The molecule has 0 bridgehead atoms. The zero-order chi connectivity index (χ0) is 15.7. The van der Waals surface area contributed by atoms with E-state index in [0.717, 1.165) is 25.7 Å². The number of benzene rings is 1. The van der Waals surface area contributed by atoms with E-state index < -0.39 is 10.5 Å². The number of rotatable bonds is 4. The SMILES string of the molecule is COc1cc([N+](=O)[O-])ccc1-c1nc(C2(N)CCCC2)no1.Cl. The number of hydrogen-bond donors (Lipinski definition) is 1. The Hall–Kier alpha value is -2.19. The molecule has 8 nitrogen and oxygen atoms in total. The number of hydrogen-bond acceptors (Lipinski definition) is 7. The van der Waals surface area contributed by atoms with E-state index in [9.17, 15) is 10.1 Å². The Labute approximate surface area is 138 Å². The van der Waals surface area contributed by atoms with E-state index in [2.05, 4.69) is 10.1 Å². The number of non-ortho nitro benzene ring substituents is 1. The summed E-state index contributed by atoms with van der Waals surface area (Å²) in [4.78, 5) is 14.7. The van der Waals surface area contributed by atoms with Gasteiger partial charge >= 0.3 is 0 Å². The first-order chi connectivity index (χ1) is 10.5. The zero-order valence-corrected chi connectivity index (χ0v) is 13.3. The first kappa shape index (κ1) is 17.2. The van der Waals surface area contributed by atoms with Crippen LogP contribution in [0.3, 0.4) is 0 Å². The van der Waals surface area contributed by atoms with Gasteiger partial charge in [-0.05, 0) is 18.9 Å². The van der Waals surface area contributed by atoms with Crippen molar-refractivity contribution in [2.24, 2.45) is 5.73 Å². The molecule has 124 valence electrons. The third-order valence-corrected chi connectivity index (χ3v) is 3.99. The predicted octanol–water partition coefficient (Wildman–Crippen LogP) is 2.80. The molecule has 1 saturated carbocycles. The Kier molecular flexibility index (Phi) is 4.86. The Morgan fingerprint density at radius 2 is 2.09 bits per heavy atom. The van der Waals surface area contributed by atoms with Crippen molar-refractivity contribution in [2.45, 2.75) is 31.2 Å². The number of ether oxygens (including phenoxy) is 1. The number of halogens is 1. The molecule has 0 spiro atoms. The predicted molar refractivity (Wildman–Crippen MR) is 84.5 cm³/mol. The molecule has 0 unspecified atom stereocenters. The van der Waals surface area contributed by atoms with Crippen molar-refractivity contribution < 1.29 is 14.2 Å².